The zero-order valence-electron chi connectivity index (χ0n) is 91.2. The van der Waals surface area contributed by atoms with Gasteiger partial charge in [-0.25, -0.2) is 0 Å². The molecule has 5 nitrogen and oxygen atoms in total. The Morgan fingerprint density at radius 2 is 0.578 bits per heavy atom. The van der Waals surface area contributed by atoms with Crippen molar-refractivity contribution < 1.29 is 0 Å². The molecule has 0 saturated heterocycles. The second kappa shape index (κ2) is 32.9. The van der Waals surface area contributed by atoms with Gasteiger partial charge in [-0.05, 0) is 367 Å². The maximum atomic E-state index is 2.80. The molecule has 15 aromatic carbocycles. The van der Waals surface area contributed by atoms with Crippen molar-refractivity contribution in [3.05, 3.63) is 365 Å². The standard InChI is InChI=1S/C138H141B2N5S2/c1-128(2,3)89-46-54-98(55-47-89)142-116-75-94(133(16,17)18)77-118-122(116)139(126-124(142)103-80-105-107(82-120(103)146-126)137(24)66-62-135(105,22)63-67-137)109-57-56-99(79-115(109)144(118)111-58-48-90(129(4,5)6)71-100(111)85-36-29-26-30-37-85)141(96-42-33-28-34-43-96)97-52-44-84(45-53-97)87-40-35-41-88(70-87)102-73-92(131(10,11)12)49-59-112(102)143-114-61-51-93(132(13,14)15)74-110(114)140-123-117(143)76-95(134(19,20)21)78-119(123)145(113-60-50-91(130(7,8)9)72-101(113)86-38-31-27-32-39-86)125-104-81-106-108(83-121(104)147-127(125)140)138(25)68-64-136(106,23)65-69-138/h26-61,70-83H,62-69H2,1-25H3. The lowest BCUT2D eigenvalue weighted by molar-refractivity contribution is 0.188. The van der Waals surface area contributed by atoms with Crippen LogP contribution in [0.25, 0.3) is 64.7 Å². The van der Waals surface area contributed by atoms with Gasteiger partial charge in [-0.3, -0.25) is 0 Å². The van der Waals surface area contributed by atoms with Crippen LogP contribution in [0.4, 0.5) is 85.3 Å². The summed E-state index contributed by atoms with van der Waals surface area (Å²) in [5.74, 6) is 0. The first-order valence-electron chi connectivity index (χ1n) is 54.5. The lowest BCUT2D eigenvalue weighted by Gasteiger charge is -2.52. The SMILES string of the molecule is CC(C)(C)c1ccc(N2c3cc(C(C)(C)C)cc4c3B(c3ccc(N(c5ccccc5)c5ccc(-c6cccc(-c7cc(C(C)(C)C)ccc7N7c8ccc(C(C)(C)C)cc8B8c9sc%10cc%11c(cc%10c9N(c9ccc(C(C)(C)C)cc9-c9ccccc9)c9cc(C(C)(C)C)cc7c98)C7(C)CCC%11(C)CC7)c6)cc5)cc3N4c3ccc(C(C)(C)C)cc3-c3ccccc3)c3sc4cc5c(cc4c32)C2(C)CCC5(C)CC2)cc1. The van der Waals surface area contributed by atoms with Crippen molar-refractivity contribution in [3.8, 4) is 44.5 Å². The summed E-state index contributed by atoms with van der Waals surface area (Å²) in [5, 5.41) is 2.75. The Morgan fingerprint density at radius 3 is 1.02 bits per heavy atom. The van der Waals surface area contributed by atoms with E-state index in [2.05, 4.69) is 524 Å². The zero-order valence-corrected chi connectivity index (χ0v) is 92.9. The van der Waals surface area contributed by atoms with Gasteiger partial charge in [-0.15, -0.1) is 22.7 Å². The van der Waals surface area contributed by atoms with Crippen LogP contribution in [0, 0.1) is 0 Å². The van der Waals surface area contributed by atoms with Gasteiger partial charge in [0.25, 0.3) is 13.4 Å². The monoisotopic (exact) mass is 1950 g/mol. The molecule has 27 rings (SSSR count). The van der Waals surface area contributed by atoms with E-state index in [1.54, 1.807) is 22.3 Å². The molecule has 17 aromatic rings. The molecule has 10 aliphatic rings. The largest absolute Gasteiger partial charge is 0.311 e. The van der Waals surface area contributed by atoms with E-state index in [9.17, 15) is 0 Å². The number of para-hydroxylation sites is 1. The molecule has 0 unspecified atom stereocenters. The van der Waals surface area contributed by atoms with E-state index >= 15 is 0 Å². The minimum Gasteiger partial charge on any atom is -0.311 e. The van der Waals surface area contributed by atoms with Gasteiger partial charge in [0.2, 0.25) is 0 Å². The van der Waals surface area contributed by atoms with Gasteiger partial charge in [0.15, 0.2) is 0 Å². The van der Waals surface area contributed by atoms with Gasteiger partial charge in [0.05, 0.1) is 28.4 Å². The van der Waals surface area contributed by atoms with Crippen molar-refractivity contribution >= 4 is 173 Å². The predicted molar refractivity (Wildman–Crippen MR) is 639 cm³/mol. The third-order valence-electron chi connectivity index (χ3n) is 36.1. The van der Waals surface area contributed by atoms with Crippen LogP contribution in [0.5, 0.6) is 0 Å². The summed E-state index contributed by atoms with van der Waals surface area (Å²) in [6, 6.07) is 121. The molecule has 9 heteroatoms. The Balaban J connectivity index is 0.671. The Morgan fingerprint density at radius 1 is 0.238 bits per heavy atom. The fraction of sp³-hybridized carbons (Fsp3) is 0.319. The van der Waals surface area contributed by atoms with Crippen molar-refractivity contribution in [2.45, 2.75) is 284 Å². The normalized spacial score (nSPS) is 19.1. The highest BCUT2D eigenvalue weighted by Crippen LogP contribution is 2.64. The molecule has 147 heavy (non-hydrogen) atoms. The molecule has 4 aliphatic heterocycles. The summed E-state index contributed by atoms with van der Waals surface area (Å²) >= 11 is 4.13. The highest BCUT2D eigenvalue weighted by atomic mass is 32.1. The van der Waals surface area contributed by atoms with Crippen molar-refractivity contribution in [1.29, 1.82) is 0 Å². The number of thiophene rings is 2. The Labute approximate surface area is 883 Å². The van der Waals surface area contributed by atoms with Crippen molar-refractivity contribution in [1.82, 2.24) is 0 Å². The molecular weight excluding hydrogens is 1810 g/mol. The summed E-state index contributed by atoms with van der Waals surface area (Å²) in [6.45, 7) is 60.3. The topological polar surface area (TPSA) is 16.2 Å². The highest BCUT2D eigenvalue weighted by Gasteiger charge is 2.55. The molecule has 2 fully saturated rings. The molecule has 6 aliphatic carbocycles. The first kappa shape index (κ1) is 95.3. The highest BCUT2D eigenvalue weighted by molar-refractivity contribution is 7.34. The van der Waals surface area contributed by atoms with E-state index in [4.69, 9.17) is 0 Å². The number of fused-ring (bicyclic) bond motifs is 16. The van der Waals surface area contributed by atoms with E-state index in [-0.39, 0.29) is 73.0 Å². The van der Waals surface area contributed by atoms with E-state index in [1.807, 2.05) is 0 Å². The van der Waals surface area contributed by atoms with Gasteiger partial charge < -0.3 is 24.5 Å². The molecule has 0 N–H and O–H groups in total. The molecule has 0 spiro atoms. The quantitative estimate of drug-likeness (QED) is 0.120. The van der Waals surface area contributed by atoms with Crippen LogP contribution >= 0.6 is 22.7 Å². The van der Waals surface area contributed by atoms with Crippen molar-refractivity contribution in [2.75, 3.05) is 24.5 Å². The second-order valence-corrected chi connectivity index (χ2v) is 55.4. The van der Waals surface area contributed by atoms with Crippen LogP contribution < -0.4 is 55.9 Å². The predicted octanol–water partition coefficient (Wildman–Crippen LogP) is 35.7. The second-order valence-electron chi connectivity index (χ2n) is 53.3. The fourth-order valence-corrected chi connectivity index (χ4v) is 29.3. The number of anilines is 15. The Kier molecular flexibility index (Phi) is 21.3. The van der Waals surface area contributed by atoms with Crippen LogP contribution in [0.3, 0.4) is 0 Å². The van der Waals surface area contributed by atoms with Crippen LogP contribution in [-0.2, 0) is 59.6 Å². The lowest BCUT2D eigenvalue weighted by atomic mass is 9.36. The molecule has 4 bridgehead atoms. The average Bonchev–Trinajstić information content (AvgIpc) is 1.60. The van der Waals surface area contributed by atoms with Crippen LogP contribution in [0.1, 0.15) is 286 Å². The Hall–Kier alpha value is -12.7. The molecule has 0 radical (unpaired) electrons. The molecule has 2 saturated carbocycles. The summed E-state index contributed by atoms with van der Waals surface area (Å²) in [5.41, 5.74) is 47.9. The molecule has 736 valence electrons. The van der Waals surface area contributed by atoms with Crippen molar-refractivity contribution in [3.63, 3.8) is 0 Å². The first-order valence-corrected chi connectivity index (χ1v) is 56.1. The maximum Gasteiger partial charge on any atom is 0.264 e. The zero-order chi connectivity index (χ0) is 102. The number of hydrogen-bond donors (Lipinski definition) is 0. The van der Waals surface area contributed by atoms with E-state index in [1.165, 1.54) is 232 Å². The van der Waals surface area contributed by atoms with Crippen LogP contribution in [-0.4, -0.2) is 13.4 Å². The minimum atomic E-state index is -0.252. The number of benzene rings is 15. The third-order valence-corrected chi connectivity index (χ3v) is 38.5. The fourth-order valence-electron chi connectivity index (χ4n) is 26.7. The first-order chi connectivity index (χ1) is 69.7. The Bertz CT molecular complexity index is 8270. The average molecular weight is 1960 g/mol. The van der Waals surface area contributed by atoms with E-state index in [0.29, 0.717) is 0 Å². The summed E-state index contributed by atoms with van der Waals surface area (Å²) < 4.78 is 5.61. The van der Waals surface area contributed by atoms with Crippen LogP contribution in [0.2, 0.25) is 0 Å². The number of nitrogens with zero attached hydrogens (tertiary/aromatic N) is 5. The van der Waals surface area contributed by atoms with Gasteiger partial charge in [0.1, 0.15) is 0 Å². The van der Waals surface area contributed by atoms with Gasteiger partial charge in [-0.1, -0.05) is 331 Å². The smallest absolute Gasteiger partial charge is 0.264 e. The number of hydrogen-bond acceptors (Lipinski definition) is 7. The van der Waals surface area contributed by atoms with Crippen molar-refractivity contribution in [2.24, 2.45) is 0 Å². The minimum absolute atomic E-state index is 0.0241. The van der Waals surface area contributed by atoms with E-state index in [0.717, 1.165) is 39.6 Å². The molecule has 0 atom stereocenters. The van der Waals surface area contributed by atoms with E-state index < -0.39 is 0 Å². The summed E-state index contributed by atoms with van der Waals surface area (Å²) in [4.78, 5) is 13.5. The third kappa shape index (κ3) is 15.3. The molecule has 6 heterocycles. The van der Waals surface area contributed by atoms with Gasteiger partial charge in [0, 0.05) is 103 Å². The lowest BCUT2D eigenvalue weighted by Crippen LogP contribution is -2.60. The molecular formula is C138H141B2N5S2. The summed E-state index contributed by atoms with van der Waals surface area (Å²) in [6.07, 6.45) is 9.85. The summed E-state index contributed by atoms with van der Waals surface area (Å²) in [7, 11) is 0. The molecule has 0 amide bonds. The van der Waals surface area contributed by atoms with Gasteiger partial charge in [-0.2, -0.15) is 0 Å². The number of rotatable bonds is 11. The molecule has 2 aromatic heterocycles. The maximum absolute atomic E-state index is 2.80. The van der Waals surface area contributed by atoms with Crippen LogP contribution in [0.15, 0.2) is 303 Å². The van der Waals surface area contributed by atoms with Gasteiger partial charge >= 0.3 is 0 Å².